The van der Waals surface area contributed by atoms with E-state index in [0.717, 1.165) is 24.8 Å². The molecular formula is C20H23ClN2O3S2. The first kappa shape index (κ1) is 21.3. The molecule has 2 fully saturated rings. The zero-order valence-electron chi connectivity index (χ0n) is 15.5. The fourth-order valence-electron chi connectivity index (χ4n) is 3.56. The third kappa shape index (κ3) is 4.95. The molecule has 2 aliphatic rings. The number of likely N-dealkylation sites (tertiary alicyclic amines) is 1. The lowest BCUT2D eigenvalue weighted by atomic mass is 9.99. The van der Waals surface area contributed by atoms with Gasteiger partial charge in [-0.15, -0.1) is 0 Å². The monoisotopic (exact) mass is 438 g/mol. The fourth-order valence-corrected chi connectivity index (χ4v) is 5.05. The Kier molecular flexibility index (Phi) is 7.51. The molecule has 8 heteroatoms. The number of thiocarbonyl (C=S) groups is 1. The summed E-state index contributed by atoms with van der Waals surface area (Å²) in [7, 11) is 0. The minimum absolute atomic E-state index is 0.0160. The number of halogens is 1. The molecule has 5 nitrogen and oxygen atoms in total. The zero-order chi connectivity index (χ0) is 20.1. The van der Waals surface area contributed by atoms with Crippen molar-refractivity contribution in [1.82, 2.24) is 9.80 Å². The van der Waals surface area contributed by atoms with Gasteiger partial charge in [-0.25, -0.2) is 0 Å². The molecule has 0 spiro atoms. The van der Waals surface area contributed by atoms with E-state index in [0.29, 0.717) is 27.2 Å². The van der Waals surface area contributed by atoms with Crippen molar-refractivity contribution < 1.29 is 14.7 Å². The number of amides is 2. The van der Waals surface area contributed by atoms with Crippen molar-refractivity contribution in [3.05, 3.63) is 39.8 Å². The Hall–Kier alpha value is -1.41. The van der Waals surface area contributed by atoms with Crippen LogP contribution < -0.4 is 0 Å². The molecule has 1 N–H and O–H groups in total. The van der Waals surface area contributed by atoms with Gasteiger partial charge in [0.1, 0.15) is 4.32 Å². The second-order valence-corrected chi connectivity index (χ2v) is 8.94. The number of hydrogen-bond donors (Lipinski definition) is 1. The summed E-state index contributed by atoms with van der Waals surface area (Å²) >= 11 is 12.8. The van der Waals surface area contributed by atoms with Crippen LogP contribution in [-0.2, 0) is 9.59 Å². The number of thioether (sulfide) groups is 1. The molecule has 2 aliphatic heterocycles. The molecule has 0 radical (unpaired) electrons. The predicted octanol–water partition coefficient (Wildman–Crippen LogP) is 3.69. The van der Waals surface area contributed by atoms with Crippen molar-refractivity contribution in [2.24, 2.45) is 0 Å². The molecule has 1 aromatic rings. The van der Waals surface area contributed by atoms with Crippen LogP contribution in [0.5, 0.6) is 0 Å². The van der Waals surface area contributed by atoms with Crippen LogP contribution in [0, 0.1) is 0 Å². The fraction of sp³-hybridized carbons (Fsp3) is 0.450. The zero-order valence-corrected chi connectivity index (χ0v) is 17.9. The van der Waals surface area contributed by atoms with Crippen LogP contribution in [0.2, 0.25) is 5.02 Å². The Labute approximate surface area is 179 Å². The van der Waals surface area contributed by atoms with Crippen LogP contribution in [-0.4, -0.2) is 56.8 Å². The van der Waals surface area contributed by atoms with Gasteiger partial charge in [0.05, 0.1) is 4.91 Å². The molecule has 0 aromatic heterocycles. The van der Waals surface area contributed by atoms with E-state index >= 15 is 0 Å². The Morgan fingerprint density at radius 2 is 2.14 bits per heavy atom. The molecule has 28 heavy (non-hydrogen) atoms. The second-order valence-electron chi connectivity index (χ2n) is 6.85. The first-order valence-electron chi connectivity index (χ1n) is 9.41. The number of carbonyl (C=O) groups excluding carboxylic acids is 2. The molecule has 0 bridgehead atoms. The topological polar surface area (TPSA) is 60.9 Å². The summed E-state index contributed by atoms with van der Waals surface area (Å²) in [5.41, 5.74) is 0.765. The lowest BCUT2D eigenvalue weighted by Crippen LogP contribution is -2.45. The predicted molar refractivity (Wildman–Crippen MR) is 117 cm³/mol. The van der Waals surface area contributed by atoms with E-state index in [1.165, 1.54) is 16.7 Å². The van der Waals surface area contributed by atoms with Crippen molar-refractivity contribution in [3.8, 4) is 0 Å². The van der Waals surface area contributed by atoms with E-state index in [1.807, 2.05) is 23.1 Å². The largest absolute Gasteiger partial charge is 0.396 e. The maximum Gasteiger partial charge on any atom is 0.266 e. The van der Waals surface area contributed by atoms with E-state index in [2.05, 4.69) is 0 Å². The number of aliphatic hydroxyl groups excluding tert-OH is 1. The lowest BCUT2D eigenvalue weighted by molar-refractivity contribution is -0.135. The summed E-state index contributed by atoms with van der Waals surface area (Å²) in [5.74, 6) is -0.171. The third-order valence-electron chi connectivity index (χ3n) is 5.02. The number of nitrogens with zero attached hydrogens (tertiary/aromatic N) is 2. The summed E-state index contributed by atoms with van der Waals surface area (Å²) in [6, 6.07) is 7.40. The second kappa shape index (κ2) is 9.87. The van der Waals surface area contributed by atoms with Gasteiger partial charge >= 0.3 is 0 Å². The molecule has 150 valence electrons. The highest BCUT2D eigenvalue weighted by atomic mass is 35.5. The van der Waals surface area contributed by atoms with E-state index in [-0.39, 0.29) is 37.4 Å². The highest BCUT2D eigenvalue weighted by Crippen LogP contribution is 2.34. The maximum atomic E-state index is 12.7. The average molecular weight is 439 g/mol. The summed E-state index contributed by atoms with van der Waals surface area (Å²) in [4.78, 5) is 29.3. The SMILES string of the molecule is O=C1C(=Cc2ccccc2Cl)SC(=S)N1CCC(=O)N1CCCCC1CCO. The van der Waals surface area contributed by atoms with Crippen LogP contribution in [0.25, 0.3) is 6.08 Å². The molecule has 2 saturated heterocycles. The number of rotatable bonds is 6. The van der Waals surface area contributed by atoms with Gasteiger partial charge < -0.3 is 10.0 Å². The molecule has 2 amide bonds. The number of carbonyl (C=O) groups is 2. The van der Waals surface area contributed by atoms with Crippen molar-refractivity contribution in [2.75, 3.05) is 19.7 Å². The number of benzene rings is 1. The summed E-state index contributed by atoms with van der Waals surface area (Å²) in [6.07, 6.45) is 5.56. The van der Waals surface area contributed by atoms with Crippen LogP contribution in [0.3, 0.4) is 0 Å². The standard InChI is InChI=1S/C20H23ClN2O3S2/c21-16-7-2-1-5-14(16)13-17-19(26)23(20(27)28-17)11-8-18(25)22-10-4-3-6-15(22)9-12-24/h1-2,5,7,13,15,24H,3-4,6,8-12H2. The van der Waals surface area contributed by atoms with Crippen molar-refractivity contribution in [3.63, 3.8) is 0 Å². The van der Waals surface area contributed by atoms with Gasteiger partial charge in [0.15, 0.2) is 0 Å². The first-order chi connectivity index (χ1) is 13.5. The Balaban J connectivity index is 1.63. The van der Waals surface area contributed by atoms with Crippen LogP contribution >= 0.6 is 35.6 Å². The van der Waals surface area contributed by atoms with Gasteiger partial charge in [-0.3, -0.25) is 14.5 Å². The van der Waals surface area contributed by atoms with Crippen LogP contribution in [0.4, 0.5) is 0 Å². The molecule has 2 heterocycles. The average Bonchev–Trinajstić information content (AvgIpc) is 2.95. The lowest BCUT2D eigenvalue weighted by Gasteiger charge is -2.36. The number of hydrogen-bond acceptors (Lipinski definition) is 5. The van der Waals surface area contributed by atoms with Gasteiger partial charge in [0.25, 0.3) is 5.91 Å². The van der Waals surface area contributed by atoms with Gasteiger partial charge in [-0.05, 0) is 43.4 Å². The highest BCUT2D eigenvalue weighted by molar-refractivity contribution is 8.26. The summed E-state index contributed by atoms with van der Waals surface area (Å²) in [6.45, 7) is 1.07. The molecule has 1 aromatic carbocycles. The minimum Gasteiger partial charge on any atom is -0.396 e. The van der Waals surface area contributed by atoms with Crippen molar-refractivity contribution >= 4 is 57.8 Å². The molecule has 0 saturated carbocycles. The van der Waals surface area contributed by atoms with Crippen LogP contribution in [0.15, 0.2) is 29.2 Å². The first-order valence-corrected chi connectivity index (χ1v) is 11.0. The molecule has 0 aliphatic carbocycles. The van der Waals surface area contributed by atoms with Gasteiger partial charge in [0.2, 0.25) is 5.91 Å². The molecule has 3 rings (SSSR count). The Morgan fingerprint density at radius 1 is 1.36 bits per heavy atom. The van der Waals surface area contributed by atoms with E-state index in [9.17, 15) is 14.7 Å². The molecule has 1 unspecified atom stereocenters. The Morgan fingerprint density at radius 3 is 2.89 bits per heavy atom. The van der Waals surface area contributed by atoms with E-state index in [1.54, 1.807) is 12.1 Å². The molecular weight excluding hydrogens is 416 g/mol. The van der Waals surface area contributed by atoms with E-state index < -0.39 is 0 Å². The number of piperidine rings is 1. The van der Waals surface area contributed by atoms with E-state index in [4.69, 9.17) is 23.8 Å². The highest BCUT2D eigenvalue weighted by Gasteiger charge is 2.33. The summed E-state index contributed by atoms with van der Waals surface area (Å²) in [5, 5.41) is 9.81. The Bertz CT molecular complexity index is 797. The quantitative estimate of drug-likeness (QED) is 0.542. The smallest absolute Gasteiger partial charge is 0.266 e. The van der Waals surface area contributed by atoms with Gasteiger partial charge in [0, 0.05) is 37.2 Å². The van der Waals surface area contributed by atoms with Crippen molar-refractivity contribution in [1.29, 1.82) is 0 Å². The van der Waals surface area contributed by atoms with Gasteiger partial charge in [-0.2, -0.15) is 0 Å². The molecule has 1 atom stereocenters. The maximum absolute atomic E-state index is 12.7. The van der Waals surface area contributed by atoms with Crippen LogP contribution in [0.1, 0.15) is 37.7 Å². The van der Waals surface area contributed by atoms with Gasteiger partial charge in [-0.1, -0.05) is 53.8 Å². The summed E-state index contributed by atoms with van der Waals surface area (Å²) < 4.78 is 0.460. The third-order valence-corrected chi connectivity index (χ3v) is 6.75. The van der Waals surface area contributed by atoms with Crippen molar-refractivity contribution in [2.45, 2.75) is 38.1 Å². The normalized spacial score (nSPS) is 21.6. The number of aliphatic hydroxyl groups is 1. The minimum atomic E-state index is -0.187.